The number of benzene rings is 2. The van der Waals surface area contributed by atoms with Crippen LogP contribution in [0.4, 0.5) is 0 Å². The van der Waals surface area contributed by atoms with Gasteiger partial charge in [-0.15, -0.1) is 0 Å². The van der Waals surface area contributed by atoms with Crippen LogP contribution in [-0.2, 0) is 19.1 Å². The Hall–Kier alpha value is -4.10. The molecular weight excluding hydrogens is 504 g/mol. The van der Waals surface area contributed by atoms with Crippen molar-refractivity contribution in [3.63, 3.8) is 0 Å². The lowest BCUT2D eigenvalue weighted by atomic mass is 9.84. The maximum Gasteiger partial charge on any atom is 0.331 e. The van der Waals surface area contributed by atoms with Crippen LogP contribution in [0.1, 0.15) is 11.1 Å². The van der Waals surface area contributed by atoms with E-state index >= 15 is 0 Å². The van der Waals surface area contributed by atoms with Gasteiger partial charge in [0.25, 0.3) is 0 Å². The van der Waals surface area contributed by atoms with Crippen molar-refractivity contribution in [3.8, 4) is 23.0 Å². The van der Waals surface area contributed by atoms with Crippen LogP contribution in [0.25, 0.3) is 12.2 Å². The Kier molecular flexibility index (Phi) is 9.31. The second kappa shape index (κ2) is 12.4. The molecule has 0 heterocycles. The molecule has 12 nitrogen and oxygen atoms in total. The highest BCUT2D eigenvalue weighted by Crippen LogP contribution is 2.29. The summed E-state index contributed by atoms with van der Waals surface area (Å²) in [6, 6.07) is 8.57. The maximum absolute atomic E-state index is 12.3. The highest BCUT2D eigenvalue weighted by atomic mass is 16.6. The molecule has 1 aliphatic carbocycles. The summed E-state index contributed by atoms with van der Waals surface area (Å²) in [4.78, 5) is 24.7. The molecule has 0 amide bonds. The molecule has 0 radical (unpaired) electrons. The van der Waals surface area contributed by atoms with Gasteiger partial charge in [0.15, 0.2) is 35.2 Å². The topological polar surface area (TPSA) is 192 Å². The number of aromatic hydroxyl groups is 2. The third-order valence-corrected chi connectivity index (χ3v) is 5.78. The summed E-state index contributed by atoms with van der Waals surface area (Å²) < 4.78 is 20.2. The lowest BCUT2D eigenvalue weighted by Crippen LogP contribution is -2.65. The summed E-state index contributed by atoms with van der Waals surface area (Å²) in [7, 11) is 2.71. The minimum atomic E-state index is -1.91. The Morgan fingerprint density at radius 2 is 1.05 bits per heavy atom. The molecule has 1 fully saturated rings. The smallest absolute Gasteiger partial charge is 0.331 e. The number of methoxy groups -OCH3 is 2. The number of rotatable bonds is 8. The molecule has 204 valence electrons. The zero-order valence-electron chi connectivity index (χ0n) is 20.4. The van der Waals surface area contributed by atoms with Crippen molar-refractivity contribution >= 4 is 24.1 Å². The van der Waals surface area contributed by atoms with Crippen LogP contribution >= 0.6 is 0 Å². The number of carbonyl (C=O) groups excluding carboxylic acids is 2. The summed E-state index contributed by atoms with van der Waals surface area (Å²) in [6.07, 6.45) is -6.50. The number of phenols is 2. The van der Waals surface area contributed by atoms with Crippen molar-refractivity contribution in [3.05, 3.63) is 59.7 Å². The lowest BCUT2D eigenvalue weighted by Gasteiger charge is -2.42. The third-order valence-electron chi connectivity index (χ3n) is 5.78. The van der Waals surface area contributed by atoms with E-state index in [2.05, 4.69) is 0 Å². The first-order chi connectivity index (χ1) is 18.0. The predicted octanol–water partition coefficient (Wildman–Crippen LogP) is 0.122. The van der Waals surface area contributed by atoms with E-state index in [0.717, 1.165) is 12.2 Å². The normalized spacial score (nSPS) is 25.3. The van der Waals surface area contributed by atoms with Gasteiger partial charge >= 0.3 is 11.9 Å². The van der Waals surface area contributed by atoms with E-state index in [9.17, 15) is 40.2 Å². The number of carbonyl (C=O) groups is 2. The van der Waals surface area contributed by atoms with E-state index in [1.54, 1.807) is 0 Å². The van der Waals surface area contributed by atoms with Crippen molar-refractivity contribution < 1.29 is 59.2 Å². The van der Waals surface area contributed by atoms with Crippen molar-refractivity contribution in [1.82, 2.24) is 0 Å². The quantitative estimate of drug-likeness (QED) is 0.199. The Labute approximate surface area is 217 Å². The Bertz CT molecular complexity index is 1120. The molecule has 0 bridgehead atoms. The van der Waals surface area contributed by atoms with Crippen LogP contribution in [0.3, 0.4) is 0 Å². The summed E-state index contributed by atoms with van der Waals surface area (Å²) in [6.45, 7) is 0. The number of phenolic OH excluding ortho intramolecular Hbond substituents is 2. The fourth-order valence-corrected chi connectivity index (χ4v) is 3.73. The van der Waals surface area contributed by atoms with Gasteiger partial charge in [0.2, 0.25) is 0 Å². The molecule has 1 saturated carbocycles. The highest BCUT2D eigenvalue weighted by Gasteiger charge is 2.52. The van der Waals surface area contributed by atoms with Gasteiger partial charge in [0.05, 0.1) is 14.2 Å². The lowest BCUT2D eigenvalue weighted by molar-refractivity contribution is -0.238. The van der Waals surface area contributed by atoms with E-state index in [1.807, 2.05) is 0 Å². The van der Waals surface area contributed by atoms with E-state index in [0.29, 0.717) is 11.1 Å². The fourth-order valence-electron chi connectivity index (χ4n) is 3.73. The second-order valence-electron chi connectivity index (χ2n) is 8.29. The molecule has 3 rings (SSSR count). The maximum atomic E-state index is 12.3. The largest absolute Gasteiger partial charge is 0.504 e. The van der Waals surface area contributed by atoms with Crippen LogP contribution in [0.15, 0.2) is 48.6 Å². The number of aliphatic hydroxyl groups is 4. The van der Waals surface area contributed by atoms with Gasteiger partial charge in [0, 0.05) is 12.2 Å². The van der Waals surface area contributed by atoms with Gasteiger partial charge in [-0.1, -0.05) is 12.1 Å². The highest BCUT2D eigenvalue weighted by molar-refractivity contribution is 5.88. The number of hydrogen-bond acceptors (Lipinski definition) is 12. The SMILES string of the molecule is COc1cc(/C=C/C(=O)O[C@@H]2C(O)[C@H](OC(=O)/C=C/c3ccc(O)c(OC)c3)[C@@H](O)C(O)[C@H]2O)ccc1O. The number of hydrogen-bond donors (Lipinski definition) is 6. The Morgan fingerprint density at radius 1 is 0.658 bits per heavy atom. The number of ether oxygens (including phenoxy) is 4. The van der Waals surface area contributed by atoms with E-state index in [1.165, 1.54) is 62.8 Å². The first-order valence-corrected chi connectivity index (χ1v) is 11.3. The van der Waals surface area contributed by atoms with Crippen LogP contribution in [0.2, 0.25) is 0 Å². The first-order valence-electron chi connectivity index (χ1n) is 11.3. The number of aliphatic hydroxyl groups excluding tert-OH is 4. The molecule has 6 atom stereocenters. The van der Waals surface area contributed by atoms with E-state index in [-0.39, 0.29) is 23.0 Å². The Balaban J connectivity index is 1.68. The van der Waals surface area contributed by atoms with Crippen molar-refractivity contribution in [2.24, 2.45) is 0 Å². The van der Waals surface area contributed by atoms with Gasteiger partial charge in [-0.3, -0.25) is 0 Å². The van der Waals surface area contributed by atoms with Gasteiger partial charge in [-0.2, -0.15) is 0 Å². The zero-order valence-corrected chi connectivity index (χ0v) is 20.4. The molecule has 38 heavy (non-hydrogen) atoms. The monoisotopic (exact) mass is 532 g/mol. The van der Waals surface area contributed by atoms with E-state index in [4.69, 9.17) is 18.9 Å². The van der Waals surface area contributed by atoms with Crippen LogP contribution in [0.5, 0.6) is 23.0 Å². The molecule has 0 aliphatic heterocycles. The molecule has 2 unspecified atom stereocenters. The average Bonchev–Trinajstić information content (AvgIpc) is 2.91. The minimum Gasteiger partial charge on any atom is -0.504 e. The summed E-state index contributed by atoms with van der Waals surface area (Å²) in [5.41, 5.74) is 0.920. The second-order valence-corrected chi connectivity index (χ2v) is 8.29. The van der Waals surface area contributed by atoms with Gasteiger partial charge in [-0.05, 0) is 47.5 Å². The summed E-state index contributed by atoms with van der Waals surface area (Å²) >= 11 is 0. The van der Waals surface area contributed by atoms with Crippen LogP contribution in [0, 0.1) is 0 Å². The van der Waals surface area contributed by atoms with Crippen molar-refractivity contribution in [2.75, 3.05) is 14.2 Å². The molecule has 2 aromatic carbocycles. The van der Waals surface area contributed by atoms with Crippen molar-refractivity contribution in [1.29, 1.82) is 0 Å². The minimum absolute atomic E-state index is 0.105. The predicted molar refractivity (Wildman–Crippen MR) is 131 cm³/mol. The zero-order chi connectivity index (χ0) is 28.0. The van der Waals surface area contributed by atoms with Gasteiger partial charge in [0.1, 0.15) is 24.4 Å². The molecule has 1 aliphatic rings. The molecule has 0 aromatic heterocycles. The standard InChI is InChI=1S/C26H28O12/c1-35-17-11-13(3-7-15(17)27)5-9-19(29)37-25-22(32)21(31)23(33)26(24(25)34)38-20(30)10-6-14-4-8-16(28)18(12-14)36-2/h3-12,21-28,31-34H,1-2H3/b9-5+,10-6+/t21?,22-,23+,24?,25+,26-. The molecule has 6 N–H and O–H groups in total. The first kappa shape index (κ1) is 28.5. The van der Waals surface area contributed by atoms with Crippen molar-refractivity contribution in [2.45, 2.75) is 36.6 Å². The molecule has 0 saturated heterocycles. The molecule has 2 aromatic rings. The average molecular weight is 532 g/mol. The summed E-state index contributed by atoms with van der Waals surface area (Å²) in [5, 5.41) is 60.7. The third kappa shape index (κ3) is 6.61. The van der Waals surface area contributed by atoms with Crippen LogP contribution in [-0.4, -0.2) is 93.4 Å². The Morgan fingerprint density at radius 3 is 1.42 bits per heavy atom. The van der Waals surface area contributed by atoms with Gasteiger partial charge in [-0.25, -0.2) is 9.59 Å². The molecule has 0 spiro atoms. The summed E-state index contributed by atoms with van der Waals surface area (Å²) in [5.74, 6) is -1.92. The number of esters is 2. The van der Waals surface area contributed by atoms with E-state index < -0.39 is 48.6 Å². The van der Waals surface area contributed by atoms with Gasteiger partial charge < -0.3 is 49.6 Å². The molecule has 12 heteroatoms. The van der Waals surface area contributed by atoms with Crippen LogP contribution < -0.4 is 9.47 Å². The fraction of sp³-hybridized carbons (Fsp3) is 0.308. The molecular formula is C26H28O12.